The van der Waals surface area contributed by atoms with Crippen molar-refractivity contribution < 1.29 is 13.2 Å². The molecule has 0 bridgehead atoms. The Bertz CT molecular complexity index is 1600. The number of fused-ring (bicyclic) bond motifs is 1. The number of sulfonamides is 1. The third kappa shape index (κ3) is 5.87. The summed E-state index contributed by atoms with van der Waals surface area (Å²) >= 11 is 6.26. The van der Waals surface area contributed by atoms with E-state index in [-0.39, 0.29) is 23.4 Å². The van der Waals surface area contributed by atoms with Crippen LogP contribution in [0.4, 0.5) is 5.69 Å². The number of anilines is 1. The van der Waals surface area contributed by atoms with E-state index < -0.39 is 10.0 Å². The van der Waals surface area contributed by atoms with Crippen molar-refractivity contribution in [3.05, 3.63) is 129 Å². The number of amides is 1. The number of carbonyl (C=O) groups excluding carboxylic acids is 1. The molecule has 0 aromatic heterocycles. The van der Waals surface area contributed by atoms with Gasteiger partial charge in [-0.05, 0) is 97.3 Å². The summed E-state index contributed by atoms with van der Waals surface area (Å²) in [6.07, 6.45) is 3.41. The molecule has 0 aliphatic heterocycles. The van der Waals surface area contributed by atoms with Crippen LogP contribution in [0.15, 0.2) is 95.9 Å². The lowest BCUT2D eigenvalue weighted by molar-refractivity contribution is 0.0940. The zero-order valence-electron chi connectivity index (χ0n) is 22.0. The topological polar surface area (TPSA) is 66.5 Å². The number of rotatable bonds is 8. The molecule has 1 aliphatic carbocycles. The number of nitrogens with one attached hydrogen (secondary N) is 1. The second-order valence-electron chi connectivity index (χ2n) is 10.0. The predicted octanol–water partition coefficient (Wildman–Crippen LogP) is 7.02. The number of benzene rings is 4. The van der Waals surface area contributed by atoms with E-state index in [0.717, 1.165) is 29.5 Å². The zero-order valence-corrected chi connectivity index (χ0v) is 23.6. The van der Waals surface area contributed by atoms with E-state index in [4.69, 9.17) is 11.6 Å². The fourth-order valence-electron chi connectivity index (χ4n) is 5.02. The van der Waals surface area contributed by atoms with Crippen LogP contribution >= 0.6 is 11.6 Å². The Hall–Kier alpha value is -3.61. The number of hydrogen-bond acceptors (Lipinski definition) is 3. The second kappa shape index (κ2) is 11.2. The minimum atomic E-state index is -3.87. The number of aryl methyl sites for hydroxylation is 3. The first-order valence-corrected chi connectivity index (χ1v) is 14.9. The first kappa shape index (κ1) is 27.0. The molecule has 0 unspecified atom stereocenters. The summed E-state index contributed by atoms with van der Waals surface area (Å²) < 4.78 is 28.8. The highest BCUT2D eigenvalue weighted by Gasteiger charge is 2.27. The quantitative estimate of drug-likeness (QED) is 0.252. The van der Waals surface area contributed by atoms with Gasteiger partial charge < -0.3 is 5.32 Å². The number of nitrogens with zero attached hydrogens (tertiary/aromatic N) is 1. The van der Waals surface area contributed by atoms with Gasteiger partial charge in [-0.3, -0.25) is 9.10 Å². The third-order valence-corrected chi connectivity index (χ3v) is 9.29. The average molecular weight is 559 g/mol. The molecule has 200 valence electrons. The summed E-state index contributed by atoms with van der Waals surface area (Å²) in [6.45, 7) is 3.93. The molecule has 5 rings (SSSR count). The highest BCUT2D eigenvalue weighted by atomic mass is 35.5. The molecule has 1 N–H and O–H groups in total. The molecule has 39 heavy (non-hydrogen) atoms. The van der Waals surface area contributed by atoms with E-state index in [1.165, 1.54) is 21.9 Å². The van der Waals surface area contributed by atoms with Crippen molar-refractivity contribution in [1.29, 1.82) is 0 Å². The van der Waals surface area contributed by atoms with Crippen molar-refractivity contribution in [2.75, 3.05) is 4.31 Å². The van der Waals surface area contributed by atoms with E-state index in [1.54, 1.807) is 72.8 Å². The second-order valence-corrected chi connectivity index (χ2v) is 12.3. The Morgan fingerprint density at radius 2 is 1.64 bits per heavy atom. The van der Waals surface area contributed by atoms with Gasteiger partial charge in [-0.15, -0.1) is 0 Å². The lowest BCUT2D eigenvalue weighted by atomic mass is 10.0. The standard InChI is InChI=1S/C32H31ClN2O3S/c1-22-11-18-29(33)20-31(22)35(39(37,38)30-9-4-3-5-10-30)21-24-12-14-26(15-13-24)32(36)34-23(2)27-17-16-25-7-6-8-28(25)19-27/h3-5,9-20,23H,6-8,21H2,1-2H3,(H,34,36)/t23-/m0/s1. The van der Waals surface area contributed by atoms with Crippen LogP contribution in [0.5, 0.6) is 0 Å². The summed E-state index contributed by atoms with van der Waals surface area (Å²) in [7, 11) is -3.87. The first-order chi connectivity index (χ1) is 18.7. The van der Waals surface area contributed by atoms with E-state index >= 15 is 0 Å². The van der Waals surface area contributed by atoms with E-state index in [0.29, 0.717) is 16.3 Å². The zero-order chi connectivity index (χ0) is 27.6. The van der Waals surface area contributed by atoms with Crippen LogP contribution in [0.3, 0.4) is 0 Å². The van der Waals surface area contributed by atoms with Gasteiger partial charge in [0.25, 0.3) is 15.9 Å². The molecule has 0 spiro atoms. The summed E-state index contributed by atoms with van der Waals surface area (Å²) in [5.74, 6) is -0.172. The minimum Gasteiger partial charge on any atom is -0.346 e. The molecule has 0 heterocycles. The van der Waals surface area contributed by atoms with Crippen molar-refractivity contribution in [2.24, 2.45) is 0 Å². The molecular formula is C32H31ClN2O3S. The van der Waals surface area contributed by atoms with Gasteiger partial charge in [0.1, 0.15) is 0 Å². The third-order valence-electron chi connectivity index (χ3n) is 7.28. The Labute approximate surface area is 235 Å². The van der Waals surface area contributed by atoms with Crippen LogP contribution in [-0.4, -0.2) is 14.3 Å². The fourth-order valence-corrected chi connectivity index (χ4v) is 6.72. The van der Waals surface area contributed by atoms with Gasteiger partial charge in [-0.25, -0.2) is 8.42 Å². The van der Waals surface area contributed by atoms with Gasteiger partial charge in [-0.1, -0.05) is 66.2 Å². The molecule has 0 saturated heterocycles. The van der Waals surface area contributed by atoms with Gasteiger partial charge in [0, 0.05) is 10.6 Å². The average Bonchev–Trinajstić information content (AvgIpc) is 3.42. The van der Waals surface area contributed by atoms with Crippen molar-refractivity contribution in [1.82, 2.24) is 5.32 Å². The Morgan fingerprint density at radius 3 is 2.38 bits per heavy atom. The number of hydrogen-bond donors (Lipinski definition) is 1. The molecule has 0 saturated carbocycles. The summed E-state index contributed by atoms with van der Waals surface area (Å²) in [5, 5.41) is 3.54. The monoisotopic (exact) mass is 558 g/mol. The molecular weight excluding hydrogens is 528 g/mol. The van der Waals surface area contributed by atoms with Crippen molar-refractivity contribution >= 4 is 33.2 Å². The van der Waals surface area contributed by atoms with Gasteiger partial charge in [0.15, 0.2) is 0 Å². The van der Waals surface area contributed by atoms with E-state index in [9.17, 15) is 13.2 Å². The number of halogens is 1. The van der Waals surface area contributed by atoms with Crippen molar-refractivity contribution in [3.63, 3.8) is 0 Å². The molecule has 1 aliphatic rings. The van der Waals surface area contributed by atoms with Crippen molar-refractivity contribution in [3.8, 4) is 0 Å². The Kier molecular flexibility index (Phi) is 7.78. The van der Waals surface area contributed by atoms with Gasteiger partial charge in [0.05, 0.1) is 23.2 Å². The molecule has 4 aromatic carbocycles. The SMILES string of the molecule is Cc1ccc(Cl)cc1N(Cc1ccc(C(=O)N[C@@H](C)c2ccc3c(c2)CCC3)cc1)S(=O)(=O)c1ccccc1. The maximum absolute atomic E-state index is 13.7. The van der Waals surface area contributed by atoms with Crippen LogP contribution in [0, 0.1) is 6.92 Å². The first-order valence-electron chi connectivity index (χ1n) is 13.1. The molecule has 1 amide bonds. The maximum Gasteiger partial charge on any atom is 0.264 e. The highest BCUT2D eigenvalue weighted by molar-refractivity contribution is 7.92. The summed E-state index contributed by atoms with van der Waals surface area (Å²) in [5.41, 5.74) is 6.44. The van der Waals surface area contributed by atoms with Crippen molar-refractivity contribution in [2.45, 2.75) is 50.6 Å². The van der Waals surface area contributed by atoms with Gasteiger partial charge in [-0.2, -0.15) is 0 Å². The smallest absolute Gasteiger partial charge is 0.264 e. The lowest BCUT2D eigenvalue weighted by Gasteiger charge is -2.26. The van der Waals surface area contributed by atoms with Crippen LogP contribution in [0.25, 0.3) is 0 Å². The normalized spacial score (nSPS) is 13.5. The van der Waals surface area contributed by atoms with E-state index in [2.05, 4.69) is 23.5 Å². The molecule has 4 aromatic rings. The lowest BCUT2D eigenvalue weighted by Crippen LogP contribution is -2.31. The maximum atomic E-state index is 13.7. The Balaban J connectivity index is 1.36. The minimum absolute atomic E-state index is 0.0891. The van der Waals surface area contributed by atoms with Crippen LogP contribution in [-0.2, 0) is 29.4 Å². The largest absolute Gasteiger partial charge is 0.346 e. The van der Waals surface area contributed by atoms with Gasteiger partial charge >= 0.3 is 0 Å². The highest BCUT2D eigenvalue weighted by Crippen LogP contribution is 2.31. The molecule has 1 atom stereocenters. The van der Waals surface area contributed by atoms with Crippen LogP contribution < -0.4 is 9.62 Å². The van der Waals surface area contributed by atoms with Crippen LogP contribution in [0.1, 0.15) is 57.6 Å². The number of carbonyl (C=O) groups is 1. The molecule has 7 heteroatoms. The summed E-state index contributed by atoms with van der Waals surface area (Å²) in [4.78, 5) is 13.2. The Morgan fingerprint density at radius 1 is 0.923 bits per heavy atom. The predicted molar refractivity (Wildman–Crippen MR) is 157 cm³/mol. The summed E-state index contributed by atoms with van der Waals surface area (Å²) in [6, 6.07) is 27.0. The van der Waals surface area contributed by atoms with Gasteiger partial charge in [0.2, 0.25) is 0 Å². The molecule has 0 fully saturated rings. The fraction of sp³-hybridized carbons (Fsp3) is 0.219. The van der Waals surface area contributed by atoms with Crippen LogP contribution in [0.2, 0.25) is 5.02 Å². The van der Waals surface area contributed by atoms with E-state index in [1.807, 2.05) is 13.8 Å². The molecule has 0 radical (unpaired) electrons. The molecule has 5 nitrogen and oxygen atoms in total.